The second-order valence-electron chi connectivity index (χ2n) is 5.02. The third-order valence-electron chi connectivity index (χ3n) is 3.82. The molecule has 104 valence electrons. The van der Waals surface area contributed by atoms with Crippen molar-refractivity contribution in [3.8, 4) is 5.75 Å². The van der Waals surface area contributed by atoms with Crippen LogP contribution >= 0.6 is 12.2 Å². The Labute approximate surface area is 125 Å². The molecule has 1 N–H and O–H groups in total. The van der Waals surface area contributed by atoms with Gasteiger partial charge >= 0.3 is 0 Å². The van der Waals surface area contributed by atoms with Crippen molar-refractivity contribution in [1.29, 1.82) is 0 Å². The third kappa shape index (κ3) is 1.81. The number of hydrogen-bond acceptors (Lipinski definition) is 3. The molecule has 21 heavy (non-hydrogen) atoms. The molecule has 0 saturated carbocycles. The number of hydrogen-bond donors (Lipinski definition) is 1. The van der Waals surface area contributed by atoms with Gasteiger partial charge in [-0.15, -0.1) is 0 Å². The summed E-state index contributed by atoms with van der Waals surface area (Å²) in [6.45, 7) is 0.426. The maximum atomic E-state index is 12.8. The molecule has 0 radical (unpaired) electrons. The Bertz CT molecular complexity index is 958. The maximum absolute atomic E-state index is 12.8. The number of para-hydroxylation sites is 2. The molecule has 1 aliphatic rings. The SMILES string of the molecule is O=c1c2ccccc2[nH]c(=S)n1C1COc2ccccc21. The molecule has 0 fully saturated rings. The van der Waals surface area contributed by atoms with Gasteiger partial charge in [0.25, 0.3) is 5.56 Å². The highest BCUT2D eigenvalue weighted by molar-refractivity contribution is 7.71. The van der Waals surface area contributed by atoms with Gasteiger partial charge in [0.1, 0.15) is 18.4 Å². The van der Waals surface area contributed by atoms with E-state index in [1.165, 1.54) is 0 Å². The van der Waals surface area contributed by atoms with Gasteiger partial charge < -0.3 is 9.72 Å². The van der Waals surface area contributed by atoms with Crippen molar-refractivity contribution in [3.05, 3.63) is 69.2 Å². The van der Waals surface area contributed by atoms with Gasteiger partial charge in [-0.1, -0.05) is 30.3 Å². The summed E-state index contributed by atoms with van der Waals surface area (Å²) in [4.78, 5) is 15.9. The first-order valence-corrected chi connectivity index (χ1v) is 7.12. The second kappa shape index (κ2) is 4.56. The topological polar surface area (TPSA) is 47.0 Å². The number of aromatic amines is 1. The standard InChI is InChI=1S/C16H12N2O2S/c19-15-10-5-1-3-7-12(10)17-16(21)18(15)13-9-20-14-8-4-2-6-11(13)14/h1-8,13H,9H2,(H,17,21). The summed E-state index contributed by atoms with van der Waals surface area (Å²) in [6.07, 6.45) is 0. The smallest absolute Gasteiger partial charge is 0.262 e. The van der Waals surface area contributed by atoms with Crippen LogP contribution in [0.5, 0.6) is 5.75 Å². The molecule has 1 atom stereocenters. The molecule has 5 heteroatoms. The molecule has 0 saturated heterocycles. The first-order chi connectivity index (χ1) is 10.3. The first kappa shape index (κ1) is 12.3. The number of ether oxygens (including phenoxy) is 1. The van der Waals surface area contributed by atoms with Gasteiger partial charge in [0, 0.05) is 5.56 Å². The van der Waals surface area contributed by atoms with Gasteiger partial charge in [0.15, 0.2) is 4.77 Å². The lowest BCUT2D eigenvalue weighted by molar-refractivity contribution is 0.313. The van der Waals surface area contributed by atoms with Crippen molar-refractivity contribution in [2.45, 2.75) is 6.04 Å². The van der Waals surface area contributed by atoms with Crippen molar-refractivity contribution in [3.63, 3.8) is 0 Å². The molecule has 1 unspecified atom stereocenters. The fraction of sp³-hybridized carbons (Fsp3) is 0.125. The highest BCUT2D eigenvalue weighted by Crippen LogP contribution is 2.33. The Kier molecular flexibility index (Phi) is 2.68. The molecule has 4 rings (SSSR count). The van der Waals surface area contributed by atoms with Gasteiger partial charge in [-0.2, -0.15) is 0 Å². The van der Waals surface area contributed by atoms with E-state index in [-0.39, 0.29) is 11.6 Å². The van der Waals surface area contributed by atoms with E-state index in [0.29, 0.717) is 16.8 Å². The molecular weight excluding hydrogens is 284 g/mol. The van der Waals surface area contributed by atoms with Crippen molar-refractivity contribution >= 4 is 23.1 Å². The molecule has 0 aliphatic carbocycles. The van der Waals surface area contributed by atoms with Crippen LogP contribution in [0.4, 0.5) is 0 Å². The number of benzene rings is 2. The van der Waals surface area contributed by atoms with Gasteiger partial charge in [-0.05, 0) is 30.4 Å². The minimum atomic E-state index is -0.179. The molecule has 3 aromatic rings. The largest absolute Gasteiger partial charge is 0.491 e. The minimum absolute atomic E-state index is 0.0837. The van der Waals surface area contributed by atoms with Crippen LogP contribution < -0.4 is 10.3 Å². The predicted molar refractivity (Wildman–Crippen MR) is 83.5 cm³/mol. The van der Waals surface area contributed by atoms with Gasteiger partial charge in [0.05, 0.1) is 10.9 Å². The number of nitrogens with zero attached hydrogens (tertiary/aromatic N) is 1. The lowest BCUT2D eigenvalue weighted by Gasteiger charge is -2.14. The third-order valence-corrected chi connectivity index (χ3v) is 4.12. The minimum Gasteiger partial charge on any atom is -0.491 e. The first-order valence-electron chi connectivity index (χ1n) is 6.71. The van der Waals surface area contributed by atoms with Gasteiger partial charge in [-0.25, -0.2) is 0 Å². The van der Waals surface area contributed by atoms with Crippen molar-refractivity contribution in [2.24, 2.45) is 0 Å². The van der Waals surface area contributed by atoms with Gasteiger partial charge in [0.2, 0.25) is 0 Å². The second-order valence-corrected chi connectivity index (χ2v) is 5.40. The van der Waals surface area contributed by atoms with E-state index in [4.69, 9.17) is 17.0 Å². The quantitative estimate of drug-likeness (QED) is 0.702. The summed E-state index contributed by atoms with van der Waals surface area (Å²) in [5, 5.41) is 0.635. The molecule has 4 nitrogen and oxygen atoms in total. The molecular formula is C16H12N2O2S. The highest BCUT2D eigenvalue weighted by Gasteiger charge is 2.27. The van der Waals surface area contributed by atoms with Crippen LogP contribution in [0.15, 0.2) is 53.3 Å². The van der Waals surface area contributed by atoms with E-state index in [9.17, 15) is 4.79 Å². The molecule has 1 aromatic heterocycles. The average Bonchev–Trinajstić information content (AvgIpc) is 2.91. The van der Waals surface area contributed by atoms with Crippen LogP contribution in [0, 0.1) is 4.77 Å². The number of rotatable bonds is 1. The average molecular weight is 296 g/mol. The van der Waals surface area contributed by atoms with Crippen molar-refractivity contribution in [1.82, 2.24) is 9.55 Å². The molecule has 0 amide bonds. The molecule has 0 bridgehead atoms. The fourth-order valence-corrected chi connectivity index (χ4v) is 3.14. The van der Waals surface area contributed by atoms with Crippen molar-refractivity contribution < 1.29 is 4.74 Å². The summed E-state index contributed by atoms with van der Waals surface area (Å²) in [7, 11) is 0. The lowest BCUT2D eigenvalue weighted by atomic mass is 10.1. The Balaban J connectivity index is 2.01. The Morgan fingerprint density at radius 3 is 2.81 bits per heavy atom. The van der Waals surface area contributed by atoms with Crippen LogP contribution in [0.25, 0.3) is 10.9 Å². The number of aromatic nitrogens is 2. The Morgan fingerprint density at radius 1 is 1.14 bits per heavy atom. The molecule has 2 heterocycles. The zero-order valence-corrected chi connectivity index (χ0v) is 11.9. The zero-order valence-electron chi connectivity index (χ0n) is 11.1. The van der Waals surface area contributed by atoms with Crippen LogP contribution in [-0.2, 0) is 0 Å². The molecule has 2 aromatic carbocycles. The van der Waals surface area contributed by atoms with Crippen LogP contribution in [-0.4, -0.2) is 16.2 Å². The molecule has 0 spiro atoms. The van der Waals surface area contributed by atoms with Crippen LogP contribution in [0.1, 0.15) is 11.6 Å². The zero-order chi connectivity index (χ0) is 14.4. The number of nitrogens with one attached hydrogen (secondary N) is 1. The maximum Gasteiger partial charge on any atom is 0.262 e. The summed E-state index contributed by atoms with van der Waals surface area (Å²) in [5.41, 5.74) is 1.67. The highest BCUT2D eigenvalue weighted by atomic mass is 32.1. The monoisotopic (exact) mass is 296 g/mol. The van der Waals surface area contributed by atoms with Crippen LogP contribution in [0.2, 0.25) is 0 Å². The van der Waals surface area contributed by atoms with Crippen LogP contribution in [0.3, 0.4) is 0 Å². The van der Waals surface area contributed by atoms with E-state index in [1.807, 2.05) is 42.5 Å². The van der Waals surface area contributed by atoms with E-state index < -0.39 is 0 Å². The fourth-order valence-electron chi connectivity index (χ4n) is 2.82. The predicted octanol–water partition coefficient (Wildman–Crippen LogP) is 3.04. The van der Waals surface area contributed by atoms with E-state index in [0.717, 1.165) is 16.8 Å². The summed E-state index contributed by atoms with van der Waals surface area (Å²) >= 11 is 5.38. The van der Waals surface area contributed by atoms with Gasteiger partial charge in [-0.3, -0.25) is 9.36 Å². The van der Waals surface area contributed by atoms with Crippen molar-refractivity contribution in [2.75, 3.05) is 6.61 Å². The Morgan fingerprint density at radius 2 is 1.90 bits per heavy atom. The van der Waals surface area contributed by atoms with E-state index in [1.54, 1.807) is 10.6 Å². The summed E-state index contributed by atoms with van der Waals surface area (Å²) < 4.78 is 7.70. The summed E-state index contributed by atoms with van der Waals surface area (Å²) in [6, 6.07) is 15.0. The van der Waals surface area contributed by atoms with E-state index in [2.05, 4.69) is 4.98 Å². The Hall–Kier alpha value is -2.40. The lowest BCUT2D eigenvalue weighted by Crippen LogP contribution is -2.28. The number of fused-ring (bicyclic) bond motifs is 2. The normalized spacial score (nSPS) is 16.7. The number of H-pyrrole nitrogens is 1. The summed E-state index contributed by atoms with van der Waals surface area (Å²) in [5.74, 6) is 0.817. The van der Waals surface area contributed by atoms with E-state index >= 15 is 0 Å². The molecule has 1 aliphatic heterocycles.